The van der Waals surface area contributed by atoms with Gasteiger partial charge in [0.25, 0.3) is 5.69 Å². The van der Waals surface area contributed by atoms with Gasteiger partial charge in [-0.25, -0.2) is 0 Å². The summed E-state index contributed by atoms with van der Waals surface area (Å²) in [6.45, 7) is 1.04. The lowest BCUT2D eigenvalue weighted by molar-refractivity contribution is -0.383. The number of anilines is 2. The fraction of sp³-hybridized carbons (Fsp3) is 0.632. The summed E-state index contributed by atoms with van der Waals surface area (Å²) in [6, 6.07) is 3.87. The van der Waals surface area contributed by atoms with E-state index in [1.165, 1.54) is 6.07 Å². The quantitative estimate of drug-likeness (QED) is 0.0949. The van der Waals surface area contributed by atoms with Crippen LogP contribution in [0.25, 0.3) is 0 Å². The first kappa shape index (κ1) is 23.8. The van der Waals surface area contributed by atoms with Crippen molar-refractivity contribution in [2.45, 2.75) is 50.0 Å². The molecule has 1 fully saturated rings. The molecule has 1 aliphatic rings. The standard InChI is InChI=1S/C19H29N5O6/c20-12-22-13-5-6-14(15(9-13)24(29)30)21-7-3-1-2-4-8-23-10-17(26)19(28)18(27)16(23)11-25/h5-6,9,16-19,21-22,25-28H,1-4,7-8,10-11H2/t16?,17-,18+,19?/m0/s1. The Hall–Kier alpha value is -2.49. The van der Waals surface area contributed by atoms with Crippen LogP contribution in [0.1, 0.15) is 25.7 Å². The van der Waals surface area contributed by atoms with Crippen LogP contribution in [0, 0.1) is 21.6 Å². The van der Waals surface area contributed by atoms with Gasteiger partial charge in [0.15, 0.2) is 6.19 Å². The minimum absolute atomic E-state index is 0.102. The summed E-state index contributed by atoms with van der Waals surface area (Å²) in [4.78, 5) is 12.5. The lowest BCUT2D eigenvalue weighted by Crippen LogP contribution is -2.62. The molecule has 1 aromatic rings. The van der Waals surface area contributed by atoms with Gasteiger partial charge in [-0.2, -0.15) is 5.26 Å². The number of nitro groups is 1. The minimum Gasteiger partial charge on any atom is -0.395 e. The Bertz CT molecular complexity index is 743. The van der Waals surface area contributed by atoms with Gasteiger partial charge < -0.3 is 25.7 Å². The Morgan fingerprint density at radius 2 is 1.93 bits per heavy atom. The molecule has 1 heterocycles. The summed E-state index contributed by atoms with van der Waals surface area (Å²) in [5, 5.41) is 64.2. The molecular formula is C19H29N5O6. The first-order valence-corrected chi connectivity index (χ1v) is 9.95. The Balaban J connectivity index is 1.71. The number of benzene rings is 1. The Morgan fingerprint density at radius 1 is 1.20 bits per heavy atom. The molecule has 2 rings (SSSR count). The average Bonchev–Trinajstić information content (AvgIpc) is 2.72. The highest BCUT2D eigenvalue weighted by Gasteiger charge is 2.40. The van der Waals surface area contributed by atoms with Crippen molar-refractivity contribution in [1.82, 2.24) is 4.90 Å². The number of aliphatic hydroxyl groups excluding tert-OH is 4. The van der Waals surface area contributed by atoms with Gasteiger partial charge >= 0.3 is 0 Å². The normalized spacial score (nSPS) is 24.2. The average molecular weight is 423 g/mol. The van der Waals surface area contributed by atoms with Crippen molar-refractivity contribution in [1.29, 1.82) is 5.26 Å². The predicted octanol–water partition coefficient (Wildman–Crippen LogP) is 0.219. The van der Waals surface area contributed by atoms with Crippen LogP contribution in [0.3, 0.4) is 0 Å². The summed E-state index contributed by atoms with van der Waals surface area (Å²) in [7, 11) is 0. The number of hydrogen-bond acceptors (Lipinski definition) is 10. The van der Waals surface area contributed by atoms with Crippen LogP contribution in [0.2, 0.25) is 0 Å². The van der Waals surface area contributed by atoms with Crippen molar-refractivity contribution < 1.29 is 25.3 Å². The van der Waals surface area contributed by atoms with E-state index in [0.29, 0.717) is 24.5 Å². The van der Waals surface area contributed by atoms with Crippen LogP contribution < -0.4 is 10.6 Å². The number of nitro benzene ring substituents is 1. The van der Waals surface area contributed by atoms with Gasteiger partial charge in [-0.15, -0.1) is 0 Å². The summed E-state index contributed by atoms with van der Waals surface area (Å²) < 4.78 is 0. The van der Waals surface area contributed by atoms with Crippen molar-refractivity contribution in [3.8, 4) is 6.19 Å². The van der Waals surface area contributed by atoms with Crippen molar-refractivity contribution >= 4 is 17.1 Å². The van der Waals surface area contributed by atoms with Crippen LogP contribution in [0.4, 0.5) is 17.1 Å². The SMILES string of the molecule is N#CNc1ccc(NCCCCCCN2C[C@H](O)C(O)[C@H](O)C2CO)c([N+](=O)[O-])c1. The van der Waals surface area contributed by atoms with E-state index < -0.39 is 29.3 Å². The van der Waals surface area contributed by atoms with E-state index in [1.807, 2.05) is 0 Å². The molecule has 0 aromatic heterocycles. The number of β-amino-alcohol motifs (C(OH)–C–C–N with tert-alkyl or cyclic N) is 1. The van der Waals surface area contributed by atoms with Gasteiger partial charge in [-0.3, -0.25) is 20.3 Å². The number of rotatable bonds is 11. The molecule has 2 unspecified atom stereocenters. The molecule has 0 saturated carbocycles. The van der Waals surface area contributed by atoms with Crippen LogP contribution in [-0.2, 0) is 0 Å². The Labute approximate surface area is 174 Å². The second-order valence-electron chi connectivity index (χ2n) is 7.36. The predicted molar refractivity (Wildman–Crippen MR) is 110 cm³/mol. The largest absolute Gasteiger partial charge is 0.395 e. The zero-order valence-electron chi connectivity index (χ0n) is 16.6. The van der Waals surface area contributed by atoms with E-state index in [9.17, 15) is 30.5 Å². The van der Waals surface area contributed by atoms with Crippen LogP contribution in [0.5, 0.6) is 0 Å². The van der Waals surface area contributed by atoms with Crippen LogP contribution in [0.15, 0.2) is 18.2 Å². The lowest BCUT2D eigenvalue weighted by atomic mass is 9.94. The maximum absolute atomic E-state index is 11.2. The molecule has 30 heavy (non-hydrogen) atoms. The third-order valence-electron chi connectivity index (χ3n) is 5.30. The number of nitrogens with one attached hydrogen (secondary N) is 2. The second kappa shape index (κ2) is 11.6. The van der Waals surface area contributed by atoms with Gasteiger partial charge in [0.05, 0.1) is 29.4 Å². The molecule has 166 valence electrons. The third kappa shape index (κ3) is 6.25. The lowest BCUT2D eigenvalue weighted by Gasteiger charge is -2.43. The highest BCUT2D eigenvalue weighted by atomic mass is 16.6. The topological polar surface area (TPSA) is 175 Å². The summed E-state index contributed by atoms with van der Waals surface area (Å²) >= 11 is 0. The number of nitriles is 1. The number of piperidine rings is 1. The maximum Gasteiger partial charge on any atom is 0.294 e. The van der Waals surface area contributed by atoms with E-state index in [-0.39, 0.29) is 18.8 Å². The van der Waals surface area contributed by atoms with Crippen molar-refractivity contribution in [3.05, 3.63) is 28.3 Å². The van der Waals surface area contributed by atoms with Gasteiger partial charge in [-0.05, 0) is 31.5 Å². The number of likely N-dealkylation sites (tertiary alicyclic amines) is 1. The van der Waals surface area contributed by atoms with Crippen molar-refractivity contribution in [2.75, 3.05) is 36.9 Å². The van der Waals surface area contributed by atoms with Crippen molar-refractivity contribution in [2.24, 2.45) is 0 Å². The molecular weight excluding hydrogens is 394 g/mol. The fourth-order valence-corrected chi connectivity index (χ4v) is 3.63. The third-order valence-corrected chi connectivity index (χ3v) is 5.30. The highest BCUT2D eigenvalue weighted by molar-refractivity contribution is 5.68. The molecule has 0 bridgehead atoms. The summed E-state index contributed by atoms with van der Waals surface area (Å²) in [6.07, 6.45) is 1.58. The maximum atomic E-state index is 11.2. The molecule has 1 aromatic carbocycles. The molecule has 0 aliphatic carbocycles. The summed E-state index contributed by atoms with van der Waals surface area (Å²) in [5.41, 5.74) is 0.648. The van der Waals surface area contributed by atoms with Gasteiger partial charge in [0, 0.05) is 19.2 Å². The van der Waals surface area contributed by atoms with Crippen molar-refractivity contribution in [3.63, 3.8) is 0 Å². The van der Waals surface area contributed by atoms with Gasteiger partial charge in [0.2, 0.25) is 0 Å². The smallest absolute Gasteiger partial charge is 0.294 e. The van der Waals surface area contributed by atoms with E-state index >= 15 is 0 Å². The Morgan fingerprint density at radius 3 is 2.60 bits per heavy atom. The van der Waals surface area contributed by atoms with E-state index in [2.05, 4.69) is 10.6 Å². The van der Waals surface area contributed by atoms with Gasteiger partial charge in [-0.1, -0.05) is 12.8 Å². The zero-order valence-corrected chi connectivity index (χ0v) is 16.6. The number of unbranched alkanes of at least 4 members (excludes halogenated alkanes) is 3. The first-order chi connectivity index (χ1) is 14.4. The fourth-order valence-electron chi connectivity index (χ4n) is 3.63. The molecule has 11 heteroatoms. The number of hydrogen-bond donors (Lipinski definition) is 6. The molecule has 1 aliphatic heterocycles. The van der Waals surface area contributed by atoms with Gasteiger partial charge in [0.1, 0.15) is 17.9 Å². The molecule has 0 radical (unpaired) electrons. The molecule has 6 N–H and O–H groups in total. The van der Waals surface area contributed by atoms with Crippen LogP contribution in [-0.4, -0.2) is 80.8 Å². The zero-order chi connectivity index (χ0) is 22.1. The second-order valence-corrected chi connectivity index (χ2v) is 7.36. The molecule has 4 atom stereocenters. The number of nitrogens with zero attached hydrogens (tertiary/aromatic N) is 3. The van der Waals surface area contributed by atoms with E-state index in [1.54, 1.807) is 23.2 Å². The molecule has 11 nitrogen and oxygen atoms in total. The number of aliphatic hydroxyl groups is 4. The highest BCUT2D eigenvalue weighted by Crippen LogP contribution is 2.28. The van der Waals surface area contributed by atoms with Crippen LogP contribution >= 0.6 is 0 Å². The monoisotopic (exact) mass is 423 g/mol. The molecule has 0 spiro atoms. The molecule has 0 amide bonds. The summed E-state index contributed by atoms with van der Waals surface area (Å²) in [5.74, 6) is 0. The van der Waals surface area contributed by atoms with E-state index in [0.717, 1.165) is 25.7 Å². The minimum atomic E-state index is -1.25. The Kier molecular flexibility index (Phi) is 9.22. The van der Waals surface area contributed by atoms with E-state index in [4.69, 9.17) is 5.26 Å². The molecule has 1 saturated heterocycles. The first-order valence-electron chi connectivity index (χ1n) is 9.95.